The first-order valence-electron chi connectivity index (χ1n) is 6.58. The lowest BCUT2D eigenvalue weighted by Gasteiger charge is -2.08. The zero-order valence-corrected chi connectivity index (χ0v) is 14.5. The lowest BCUT2D eigenvalue weighted by atomic mass is 10.1. The van der Waals surface area contributed by atoms with Crippen molar-refractivity contribution in [1.29, 1.82) is 0 Å². The van der Waals surface area contributed by atoms with E-state index in [1.165, 1.54) is 6.07 Å². The van der Waals surface area contributed by atoms with Crippen LogP contribution in [0.3, 0.4) is 0 Å². The van der Waals surface area contributed by atoms with Gasteiger partial charge in [-0.2, -0.15) is 5.10 Å². The predicted octanol–water partition coefficient (Wildman–Crippen LogP) is 4.07. The Hall–Kier alpha value is -2.32. The average Bonchev–Trinajstić information content (AvgIpc) is 2.53. The topological polar surface area (TPSA) is 79.6 Å². The maximum atomic E-state index is 11.0. The zero-order valence-electron chi connectivity index (χ0n) is 12.1. The van der Waals surface area contributed by atoms with Crippen LogP contribution in [0.25, 0.3) is 0 Å². The van der Waals surface area contributed by atoms with Crippen LogP contribution in [0.2, 0.25) is 0 Å². The number of nitro benzene ring substituents is 1. The van der Waals surface area contributed by atoms with Crippen LogP contribution >= 0.6 is 28.1 Å². The number of rotatable bonds is 4. The first-order valence-corrected chi connectivity index (χ1v) is 7.78. The molecule has 8 heteroatoms. The molecule has 23 heavy (non-hydrogen) atoms. The van der Waals surface area contributed by atoms with Crippen molar-refractivity contribution >= 4 is 50.3 Å². The summed E-state index contributed by atoms with van der Waals surface area (Å²) in [6.45, 7) is 1.84. The number of nitrogens with one attached hydrogen (secondary N) is 2. The predicted molar refractivity (Wildman–Crippen MR) is 98.8 cm³/mol. The molecule has 0 bridgehead atoms. The minimum atomic E-state index is -0.471. The van der Waals surface area contributed by atoms with Crippen LogP contribution in [0.5, 0.6) is 0 Å². The molecule has 6 nitrogen and oxygen atoms in total. The summed E-state index contributed by atoms with van der Waals surface area (Å²) in [5, 5.41) is 18.1. The molecule has 0 aromatic heterocycles. The van der Waals surface area contributed by atoms with Gasteiger partial charge in [-0.1, -0.05) is 40.2 Å². The number of benzene rings is 2. The van der Waals surface area contributed by atoms with Crippen LogP contribution in [-0.2, 0) is 0 Å². The van der Waals surface area contributed by atoms with E-state index in [9.17, 15) is 10.1 Å². The number of anilines is 1. The minimum absolute atomic E-state index is 0.0515. The van der Waals surface area contributed by atoms with Gasteiger partial charge in [-0.15, -0.1) is 0 Å². The van der Waals surface area contributed by atoms with Gasteiger partial charge in [-0.05, 0) is 42.9 Å². The van der Waals surface area contributed by atoms with Gasteiger partial charge in [-0.3, -0.25) is 15.5 Å². The largest absolute Gasteiger partial charge is 0.326 e. The third kappa shape index (κ3) is 4.83. The molecule has 0 aliphatic rings. The maximum absolute atomic E-state index is 11.0. The SMILES string of the molecule is C/C(=N/NC(=S)Nc1ccccc1[N+](=O)[O-])c1cccc(Br)c1. The summed E-state index contributed by atoms with van der Waals surface area (Å²) >= 11 is 8.51. The van der Waals surface area contributed by atoms with Crippen LogP contribution in [-0.4, -0.2) is 15.7 Å². The number of thiocarbonyl (C=S) groups is 1. The average molecular weight is 393 g/mol. The number of hydrogen-bond acceptors (Lipinski definition) is 4. The number of para-hydroxylation sites is 2. The van der Waals surface area contributed by atoms with Crippen LogP contribution in [0.15, 0.2) is 58.1 Å². The van der Waals surface area contributed by atoms with E-state index in [1.54, 1.807) is 18.2 Å². The fourth-order valence-electron chi connectivity index (χ4n) is 1.80. The molecular weight excluding hydrogens is 380 g/mol. The number of halogens is 1. The van der Waals surface area contributed by atoms with E-state index in [0.29, 0.717) is 5.69 Å². The van der Waals surface area contributed by atoms with Gasteiger partial charge >= 0.3 is 0 Å². The molecule has 0 heterocycles. The molecule has 0 aliphatic carbocycles. The molecule has 0 aliphatic heterocycles. The van der Waals surface area contributed by atoms with E-state index in [0.717, 1.165) is 15.7 Å². The van der Waals surface area contributed by atoms with Gasteiger partial charge in [0.1, 0.15) is 5.69 Å². The van der Waals surface area contributed by atoms with E-state index in [2.05, 4.69) is 31.8 Å². The highest BCUT2D eigenvalue weighted by Crippen LogP contribution is 2.22. The molecule has 0 saturated heterocycles. The molecule has 2 aromatic carbocycles. The molecule has 0 amide bonds. The molecular formula is C15H13BrN4O2S. The quantitative estimate of drug-likeness (QED) is 0.354. The van der Waals surface area contributed by atoms with Crippen LogP contribution in [0.1, 0.15) is 12.5 Å². The second-order valence-electron chi connectivity index (χ2n) is 4.55. The third-order valence-corrected chi connectivity index (χ3v) is 3.60. The Labute approximate surface area is 146 Å². The zero-order chi connectivity index (χ0) is 16.8. The Kier molecular flexibility index (Phi) is 5.78. The summed E-state index contributed by atoms with van der Waals surface area (Å²) in [6, 6.07) is 13.9. The Balaban J connectivity index is 2.06. The molecule has 0 unspecified atom stereocenters. The van der Waals surface area contributed by atoms with Crippen LogP contribution in [0.4, 0.5) is 11.4 Å². The van der Waals surface area contributed by atoms with Crippen molar-refractivity contribution in [3.63, 3.8) is 0 Å². The summed E-state index contributed by atoms with van der Waals surface area (Å²) in [5.74, 6) is 0. The molecule has 2 aromatic rings. The van der Waals surface area contributed by atoms with Gasteiger partial charge in [0.05, 0.1) is 10.6 Å². The highest BCUT2D eigenvalue weighted by Gasteiger charge is 2.12. The first kappa shape index (κ1) is 17.0. The van der Waals surface area contributed by atoms with Gasteiger partial charge in [-0.25, -0.2) is 0 Å². The lowest BCUT2D eigenvalue weighted by Crippen LogP contribution is -2.25. The van der Waals surface area contributed by atoms with Crippen molar-refractivity contribution < 1.29 is 4.92 Å². The van der Waals surface area contributed by atoms with E-state index in [1.807, 2.05) is 31.2 Å². The van der Waals surface area contributed by atoms with Crippen LogP contribution in [0, 0.1) is 10.1 Å². The van der Waals surface area contributed by atoms with Crippen molar-refractivity contribution in [2.75, 3.05) is 5.32 Å². The lowest BCUT2D eigenvalue weighted by molar-refractivity contribution is -0.383. The summed E-state index contributed by atoms with van der Waals surface area (Å²) in [7, 11) is 0. The molecule has 0 radical (unpaired) electrons. The molecule has 0 spiro atoms. The summed E-state index contributed by atoms with van der Waals surface area (Å²) < 4.78 is 0.949. The Morgan fingerprint density at radius 2 is 2.00 bits per heavy atom. The van der Waals surface area contributed by atoms with Gasteiger partial charge in [0.15, 0.2) is 5.11 Å². The molecule has 2 rings (SSSR count). The second kappa shape index (κ2) is 7.80. The fraction of sp³-hybridized carbons (Fsp3) is 0.0667. The summed E-state index contributed by atoms with van der Waals surface area (Å²) in [6.07, 6.45) is 0. The minimum Gasteiger partial charge on any atom is -0.326 e. The molecule has 118 valence electrons. The standard InChI is InChI=1S/C15H13BrN4O2S/c1-10(11-5-4-6-12(16)9-11)18-19-15(23)17-13-7-2-3-8-14(13)20(21)22/h2-9H,1H3,(H2,17,19,23)/b18-10-. The molecule has 0 saturated carbocycles. The Morgan fingerprint density at radius 1 is 1.26 bits per heavy atom. The maximum Gasteiger partial charge on any atom is 0.292 e. The number of nitro groups is 1. The third-order valence-electron chi connectivity index (χ3n) is 2.92. The highest BCUT2D eigenvalue weighted by atomic mass is 79.9. The van der Waals surface area contributed by atoms with Crippen LogP contribution < -0.4 is 10.7 Å². The summed E-state index contributed by atoms with van der Waals surface area (Å²) in [5.41, 5.74) is 4.61. The number of nitrogens with zero attached hydrogens (tertiary/aromatic N) is 2. The highest BCUT2D eigenvalue weighted by molar-refractivity contribution is 9.10. The monoisotopic (exact) mass is 392 g/mol. The molecule has 0 atom stereocenters. The van der Waals surface area contributed by atoms with E-state index >= 15 is 0 Å². The molecule has 0 fully saturated rings. The van der Waals surface area contributed by atoms with Crippen molar-refractivity contribution in [2.24, 2.45) is 5.10 Å². The first-order chi connectivity index (χ1) is 11.0. The van der Waals surface area contributed by atoms with Crippen molar-refractivity contribution in [3.8, 4) is 0 Å². The Morgan fingerprint density at radius 3 is 2.70 bits per heavy atom. The normalized spacial score (nSPS) is 11.0. The van der Waals surface area contributed by atoms with Gasteiger partial charge < -0.3 is 5.32 Å². The van der Waals surface area contributed by atoms with Crippen molar-refractivity contribution in [2.45, 2.75) is 6.92 Å². The van der Waals surface area contributed by atoms with Gasteiger partial charge in [0.2, 0.25) is 0 Å². The molecule has 2 N–H and O–H groups in total. The van der Waals surface area contributed by atoms with E-state index < -0.39 is 4.92 Å². The number of hydrogen-bond donors (Lipinski definition) is 2. The summed E-state index contributed by atoms with van der Waals surface area (Å²) in [4.78, 5) is 10.5. The van der Waals surface area contributed by atoms with Gasteiger partial charge in [0, 0.05) is 10.5 Å². The van der Waals surface area contributed by atoms with Crippen molar-refractivity contribution in [1.82, 2.24) is 5.43 Å². The second-order valence-corrected chi connectivity index (χ2v) is 5.87. The smallest absolute Gasteiger partial charge is 0.292 e. The van der Waals surface area contributed by atoms with E-state index in [4.69, 9.17) is 12.2 Å². The van der Waals surface area contributed by atoms with Crippen molar-refractivity contribution in [3.05, 3.63) is 68.7 Å². The fourth-order valence-corrected chi connectivity index (χ4v) is 2.36. The Bertz CT molecular complexity index is 780. The number of hydrazone groups is 1. The van der Waals surface area contributed by atoms with Gasteiger partial charge in [0.25, 0.3) is 5.69 Å². The van der Waals surface area contributed by atoms with E-state index in [-0.39, 0.29) is 10.8 Å².